The zero-order valence-corrected chi connectivity index (χ0v) is 18.4. The van der Waals surface area contributed by atoms with Crippen molar-refractivity contribution in [1.29, 1.82) is 5.26 Å². The normalized spacial score (nSPS) is 11.1. The van der Waals surface area contributed by atoms with Crippen LogP contribution in [0.25, 0.3) is 11.6 Å². The van der Waals surface area contributed by atoms with E-state index in [1.54, 1.807) is 24.3 Å². The summed E-state index contributed by atoms with van der Waals surface area (Å²) in [7, 11) is 0. The van der Waals surface area contributed by atoms with Crippen LogP contribution in [0.2, 0.25) is 15.1 Å². The van der Waals surface area contributed by atoms with Gasteiger partial charge in [0.2, 0.25) is 0 Å². The Morgan fingerprint density at radius 3 is 2.43 bits per heavy atom. The predicted molar refractivity (Wildman–Crippen MR) is 123 cm³/mol. The second-order valence-corrected chi connectivity index (χ2v) is 7.63. The molecular weight excluding hydrogens is 441 g/mol. The molecule has 3 aromatic rings. The van der Waals surface area contributed by atoms with E-state index in [2.05, 4.69) is 6.07 Å². The van der Waals surface area contributed by atoms with Crippen molar-refractivity contribution in [2.75, 3.05) is 6.61 Å². The zero-order chi connectivity index (χ0) is 21.5. The first kappa shape index (κ1) is 22.1. The summed E-state index contributed by atoms with van der Waals surface area (Å²) in [5.41, 5.74) is 2.78. The average Bonchev–Trinajstić information content (AvgIpc) is 2.72. The topological polar surface area (TPSA) is 42.2 Å². The molecule has 152 valence electrons. The highest BCUT2D eigenvalue weighted by molar-refractivity contribution is 6.36. The second-order valence-electron chi connectivity index (χ2n) is 6.35. The van der Waals surface area contributed by atoms with Gasteiger partial charge in [-0.25, -0.2) is 0 Å². The van der Waals surface area contributed by atoms with E-state index in [4.69, 9.17) is 44.3 Å². The molecule has 0 aliphatic rings. The molecule has 0 atom stereocenters. The molecule has 6 heteroatoms. The van der Waals surface area contributed by atoms with Gasteiger partial charge in [-0.1, -0.05) is 59.1 Å². The van der Waals surface area contributed by atoms with Gasteiger partial charge in [0.25, 0.3) is 0 Å². The third-order valence-electron chi connectivity index (χ3n) is 4.20. The fourth-order valence-corrected chi connectivity index (χ4v) is 3.56. The zero-order valence-electron chi connectivity index (χ0n) is 16.2. The van der Waals surface area contributed by atoms with Gasteiger partial charge in [0.05, 0.1) is 23.3 Å². The van der Waals surface area contributed by atoms with Crippen LogP contribution in [-0.2, 0) is 6.61 Å². The minimum Gasteiger partial charge on any atom is -0.490 e. The molecule has 30 heavy (non-hydrogen) atoms. The first-order valence-corrected chi connectivity index (χ1v) is 10.3. The summed E-state index contributed by atoms with van der Waals surface area (Å²) in [6.45, 7) is 2.74. The van der Waals surface area contributed by atoms with Gasteiger partial charge >= 0.3 is 0 Å². The van der Waals surface area contributed by atoms with E-state index >= 15 is 0 Å². The predicted octanol–water partition coefficient (Wildman–Crippen LogP) is 7.69. The first-order chi connectivity index (χ1) is 14.5. The highest BCUT2D eigenvalue weighted by Gasteiger charge is 2.10. The van der Waals surface area contributed by atoms with Crippen LogP contribution in [0.1, 0.15) is 23.6 Å². The fraction of sp³-hybridized carbons (Fsp3) is 0.125. The van der Waals surface area contributed by atoms with Crippen molar-refractivity contribution >= 4 is 46.5 Å². The van der Waals surface area contributed by atoms with Crippen LogP contribution < -0.4 is 9.47 Å². The van der Waals surface area contributed by atoms with E-state index in [1.807, 2.05) is 49.4 Å². The minimum atomic E-state index is 0.361. The van der Waals surface area contributed by atoms with Crippen LogP contribution in [0.15, 0.2) is 60.7 Å². The van der Waals surface area contributed by atoms with Gasteiger partial charge in [-0.05, 0) is 60.5 Å². The number of benzene rings is 3. The van der Waals surface area contributed by atoms with Gasteiger partial charge in [-0.2, -0.15) is 5.26 Å². The van der Waals surface area contributed by atoms with Gasteiger partial charge in [0, 0.05) is 15.6 Å². The van der Waals surface area contributed by atoms with Crippen LogP contribution in [-0.4, -0.2) is 6.61 Å². The number of hydrogen-bond acceptors (Lipinski definition) is 3. The van der Waals surface area contributed by atoms with Crippen LogP contribution >= 0.6 is 34.8 Å². The van der Waals surface area contributed by atoms with Gasteiger partial charge in [0.15, 0.2) is 11.5 Å². The van der Waals surface area contributed by atoms with E-state index in [9.17, 15) is 5.26 Å². The number of ether oxygens (including phenoxy) is 2. The maximum Gasteiger partial charge on any atom is 0.161 e. The lowest BCUT2D eigenvalue weighted by atomic mass is 10.0. The Hall–Kier alpha value is -2.64. The van der Waals surface area contributed by atoms with E-state index in [1.165, 1.54) is 0 Å². The van der Waals surface area contributed by atoms with Crippen LogP contribution in [0.4, 0.5) is 0 Å². The van der Waals surface area contributed by atoms with Crippen LogP contribution in [0.5, 0.6) is 11.5 Å². The lowest BCUT2D eigenvalue weighted by molar-refractivity contribution is 0.269. The molecule has 0 aromatic heterocycles. The second kappa shape index (κ2) is 10.4. The number of halogens is 3. The van der Waals surface area contributed by atoms with Gasteiger partial charge in [-0.3, -0.25) is 0 Å². The van der Waals surface area contributed by atoms with Crippen molar-refractivity contribution in [2.45, 2.75) is 13.5 Å². The minimum absolute atomic E-state index is 0.361. The molecule has 0 heterocycles. The maximum absolute atomic E-state index is 9.62. The SMILES string of the molecule is CCOc1cc(/C=C(\C#N)c2ccc(Cl)cc2Cl)ccc1OCc1cccc(Cl)c1. The van der Waals surface area contributed by atoms with Crippen molar-refractivity contribution in [2.24, 2.45) is 0 Å². The first-order valence-electron chi connectivity index (χ1n) is 9.21. The molecule has 0 fully saturated rings. The third kappa shape index (κ3) is 5.70. The monoisotopic (exact) mass is 457 g/mol. The highest BCUT2D eigenvalue weighted by atomic mass is 35.5. The molecule has 0 aliphatic heterocycles. The number of nitriles is 1. The third-order valence-corrected chi connectivity index (χ3v) is 4.99. The van der Waals surface area contributed by atoms with Crippen molar-refractivity contribution in [3.05, 3.63) is 92.4 Å². The molecule has 3 aromatic carbocycles. The van der Waals surface area contributed by atoms with Crippen molar-refractivity contribution in [1.82, 2.24) is 0 Å². The largest absolute Gasteiger partial charge is 0.490 e. The molecule has 0 radical (unpaired) electrons. The number of allylic oxidation sites excluding steroid dienone is 1. The molecule has 0 unspecified atom stereocenters. The summed E-state index contributed by atoms with van der Waals surface area (Å²) in [4.78, 5) is 0. The Labute approximate surface area is 191 Å². The molecule has 0 N–H and O–H groups in total. The van der Waals surface area contributed by atoms with Crippen molar-refractivity contribution in [3.8, 4) is 17.6 Å². The Morgan fingerprint density at radius 1 is 0.933 bits per heavy atom. The molecule has 0 bridgehead atoms. The molecule has 0 saturated carbocycles. The Morgan fingerprint density at radius 2 is 1.73 bits per heavy atom. The number of rotatable bonds is 7. The van der Waals surface area contributed by atoms with E-state index in [-0.39, 0.29) is 0 Å². The lowest BCUT2D eigenvalue weighted by Crippen LogP contribution is -2.00. The molecule has 3 nitrogen and oxygen atoms in total. The quantitative estimate of drug-likeness (QED) is 0.269. The lowest BCUT2D eigenvalue weighted by Gasteiger charge is -2.13. The van der Waals surface area contributed by atoms with Crippen LogP contribution in [0, 0.1) is 11.3 Å². The summed E-state index contributed by atoms with van der Waals surface area (Å²) in [6, 6.07) is 20.2. The number of nitrogens with zero attached hydrogens (tertiary/aromatic N) is 1. The van der Waals surface area contributed by atoms with Crippen molar-refractivity contribution in [3.63, 3.8) is 0 Å². The van der Waals surface area contributed by atoms with E-state index in [0.29, 0.717) is 50.9 Å². The van der Waals surface area contributed by atoms with Gasteiger partial charge in [0.1, 0.15) is 6.61 Å². The molecule has 0 amide bonds. The standard InChI is InChI=1S/C24H18Cl3NO2/c1-2-29-24-12-16(10-18(14-28)21-8-7-20(26)13-22(21)27)6-9-23(24)30-15-17-4-3-5-19(25)11-17/h3-13H,2,15H2,1H3/b18-10+. The molecule has 3 rings (SSSR count). The molecule has 0 saturated heterocycles. The molecule has 0 aliphatic carbocycles. The maximum atomic E-state index is 9.62. The van der Waals surface area contributed by atoms with Gasteiger partial charge < -0.3 is 9.47 Å². The van der Waals surface area contributed by atoms with Gasteiger partial charge in [-0.15, -0.1) is 0 Å². The summed E-state index contributed by atoms with van der Waals surface area (Å²) in [5, 5.41) is 11.2. The Bertz CT molecular complexity index is 1120. The Kier molecular flexibility index (Phi) is 7.65. The summed E-state index contributed by atoms with van der Waals surface area (Å²) in [5.74, 6) is 1.20. The average molecular weight is 459 g/mol. The molecular formula is C24H18Cl3NO2. The van der Waals surface area contributed by atoms with Crippen molar-refractivity contribution < 1.29 is 9.47 Å². The smallest absolute Gasteiger partial charge is 0.161 e. The summed E-state index contributed by atoms with van der Waals surface area (Å²) >= 11 is 18.2. The Balaban J connectivity index is 1.88. The van der Waals surface area contributed by atoms with E-state index < -0.39 is 0 Å². The van der Waals surface area contributed by atoms with Crippen LogP contribution in [0.3, 0.4) is 0 Å². The molecule has 0 spiro atoms. The highest BCUT2D eigenvalue weighted by Crippen LogP contribution is 2.32. The van der Waals surface area contributed by atoms with E-state index in [0.717, 1.165) is 11.1 Å². The summed E-state index contributed by atoms with van der Waals surface area (Å²) in [6.07, 6.45) is 1.75. The number of hydrogen-bond donors (Lipinski definition) is 0. The summed E-state index contributed by atoms with van der Waals surface area (Å²) < 4.78 is 11.7. The fourth-order valence-electron chi connectivity index (χ4n) is 2.83.